The average Bonchev–Trinajstić information content (AvgIpc) is 2.25. The Labute approximate surface area is 107 Å². The van der Waals surface area contributed by atoms with Crippen LogP contribution in [0.3, 0.4) is 0 Å². The maximum Gasteiger partial charge on any atom is 0.217 e. The summed E-state index contributed by atoms with van der Waals surface area (Å²) in [5.74, 6) is -0.422. The first-order chi connectivity index (χ1) is 7.25. The van der Waals surface area contributed by atoms with E-state index in [4.69, 9.17) is 0 Å². The molecule has 85 valence electrons. The Balaban J connectivity index is 0.00000128. The van der Waals surface area contributed by atoms with Gasteiger partial charge in [-0.05, 0) is 5.56 Å². The molecule has 1 atom stereocenters. The van der Waals surface area contributed by atoms with E-state index in [0.717, 1.165) is 12.1 Å². The quantitative estimate of drug-likeness (QED) is 0.700. The zero-order chi connectivity index (χ0) is 10.7. The number of hydrogen-bond acceptors (Lipinski definition) is 2. The first kappa shape index (κ1) is 12.8. The van der Waals surface area contributed by atoms with Crippen molar-refractivity contribution in [2.24, 2.45) is 0 Å². The topological polar surface area (TPSA) is 58.2 Å². The first-order valence-electron chi connectivity index (χ1n) is 4.74. The van der Waals surface area contributed by atoms with Gasteiger partial charge in [0.2, 0.25) is 5.91 Å². The molecule has 1 aliphatic rings. The van der Waals surface area contributed by atoms with Crippen molar-refractivity contribution in [1.29, 1.82) is 0 Å². The maximum atomic E-state index is 11.4. The van der Waals surface area contributed by atoms with E-state index in [1.165, 1.54) is 0 Å². The molecule has 4 nitrogen and oxygen atoms in total. The summed E-state index contributed by atoms with van der Waals surface area (Å²) in [6.45, 7) is 1.14. The van der Waals surface area contributed by atoms with Crippen molar-refractivity contribution in [2.45, 2.75) is 12.5 Å². The minimum absolute atomic E-state index is 0. The zero-order valence-corrected chi connectivity index (χ0v) is 11.2. The molecule has 1 saturated heterocycles. The number of benzene rings is 1. The fraction of sp³-hybridized carbons (Fsp3) is 0.182. The van der Waals surface area contributed by atoms with E-state index in [2.05, 4.69) is 10.6 Å². The molecule has 2 N–H and O–H groups in total. The van der Waals surface area contributed by atoms with E-state index in [1.807, 2.05) is 30.3 Å². The van der Waals surface area contributed by atoms with Crippen molar-refractivity contribution in [3.8, 4) is 0 Å². The maximum absolute atomic E-state index is 11.4. The van der Waals surface area contributed by atoms with Gasteiger partial charge in [0.05, 0.1) is 0 Å². The van der Waals surface area contributed by atoms with Crippen molar-refractivity contribution in [3.63, 3.8) is 0 Å². The molecule has 1 fully saturated rings. The normalized spacial score (nSPS) is 18.9. The van der Waals surface area contributed by atoms with E-state index >= 15 is 0 Å². The second-order valence-electron chi connectivity index (χ2n) is 3.40. The second-order valence-corrected chi connectivity index (χ2v) is 3.40. The Morgan fingerprint density at radius 2 is 1.88 bits per heavy atom. The molecule has 5 heteroatoms. The van der Waals surface area contributed by atoms with Gasteiger partial charge in [-0.1, -0.05) is 30.3 Å². The number of piperazine rings is 1. The number of carbonyl (C=O) groups is 2. The number of amides is 2. The molecule has 2 amide bonds. The molecule has 0 aliphatic carbocycles. The Morgan fingerprint density at radius 3 is 2.56 bits per heavy atom. The van der Waals surface area contributed by atoms with Gasteiger partial charge in [0, 0.05) is 26.8 Å². The van der Waals surface area contributed by atoms with Crippen molar-refractivity contribution < 1.29 is 30.0 Å². The van der Waals surface area contributed by atoms with Crippen LogP contribution in [0.5, 0.6) is 0 Å². The van der Waals surface area contributed by atoms with Crippen molar-refractivity contribution in [3.05, 3.63) is 42.4 Å². The Hall–Kier alpha value is -1.31. The third-order valence-corrected chi connectivity index (χ3v) is 2.26. The summed E-state index contributed by atoms with van der Waals surface area (Å²) in [5.41, 5.74) is 1.03. The van der Waals surface area contributed by atoms with E-state index in [-0.39, 0.29) is 32.2 Å². The third kappa shape index (κ3) is 3.09. The van der Waals surface area contributed by atoms with Crippen LogP contribution in [0.25, 0.3) is 0 Å². The Bertz CT molecular complexity index is 381. The number of hydrogen-bond donors (Lipinski definition) is 2. The molecule has 1 aromatic rings. The smallest absolute Gasteiger partial charge is 0.217 e. The van der Waals surface area contributed by atoms with Crippen LogP contribution in [0.4, 0.5) is 0 Å². The zero-order valence-electron chi connectivity index (χ0n) is 8.44. The number of carbonyl (C=O) groups excluding carboxylic acids is 2. The number of nitrogens with one attached hydrogen (secondary N) is 2. The van der Waals surface area contributed by atoms with Crippen LogP contribution < -0.4 is 10.6 Å². The molecule has 1 aliphatic heterocycles. The van der Waals surface area contributed by atoms with Crippen molar-refractivity contribution in [2.75, 3.05) is 0 Å². The van der Waals surface area contributed by atoms with Crippen LogP contribution in [0.1, 0.15) is 5.56 Å². The van der Waals surface area contributed by atoms with Crippen LogP contribution in [0.15, 0.2) is 30.3 Å². The molecule has 1 heterocycles. The molecule has 1 unspecified atom stereocenters. The molecular formula is C11H11N2O2Re-. The second kappa shape index (κ2) is 5.69. The predicted octanol–water partition coefficient (Wildman–Crippen LogP) is 0.00299. The van der Waals surface area contributed by atoms with Crippen molar-refractivity contribution >= 4 is 11.8 Å². The van der Waals surface area contributed by atoms with Gasteiger partial charge in [-0.2, -0.15) is 0 Å². The van der Waals surface area contributed by atoms with E-state index in [1.54, 1.807) is 0 Å². The first-order valence-corrected chi connectivity index (χ1v) is 4.74. The van der Waals surface area contributed by atoms with Crippen molar-refractivity contribution in [1.82, 2.24) is 10.6 Å². The minimum atomic E-state index is -0.468. The molecule has 0 aromatic heterocycles. The van der Waals surface area contributed by atoms with E-state index in [9.17, 15) is 9.59 Å². The fourth-order valence-electron chi connectivity index (χ4n) is 1.51. The molecular weight excluding hydrogens is 378 g/mol. The van der Waals surface area contributed by atoms with Crippen LogP contribution in [-0.4, -0.2) is 17.9 Å². The molecule has 0 saturated carbocycles. The van der Waals surface area contributed by atoms with Gasteiger partial charge in [0.1, 0.15) is 11.9 Å². The van der Waals surface area contributed by atoms with E-state index < -0.39 is 6.04 Å². The number of rotatable bonds is 2. The third-order valence-electron chi connectivity index (χ3n) is 2.26. The van der Waals surface area contributed by atoms with Gasteiger partial charge in [0.25, 0.3) is 0 Å². The van der Waals surface area contributed by atoms with Crippen LogP contribution >= 0.6 is 0 Å². The SMILES string of the molecule is O=C1[CH-]NC(=O)C(Cc2ccccc2)N1.[Re]. The largest absolute Gasteiger partial charge is 0.480 e. The summed E-state index contributed by atoms with van der Waals surface area (Å²) in [5, 5.41) is 5.03. The van der Waals surface area contributed by atoms with Crippen LogP contribution in [0.2, 0.25) is 0 Å². The molecule has 1 aromatic carbocycles. The van der Waals surface area contributed by atoms with Crippen LogP contribution in [0, 0.1) is 6.54 Å². The standard InChI is InChI=1S/C11H11N2O2.Re/c14-10-7-12-11(15)9(13-10)6-8-4-2-1-3-5-8;/h1-5,7,9H,6H2,(H,12,15)(H,13,14);/q-1;. The van der Waals surface area contributed by atoms with Gasteiger partial charge >= 0.3 is 0 Å². The summed E-state index contributed by atoms with van der Waals surface area (Å²) in [6.07, 6.45) is 0.520. The molecule has 1 radical (unpaired) electrons. The fourth-order valence-corrected chi connectivity index (χ4v) is 1.51. The van der Waals surface area contributed by atoms with Crippen LogP contribution in [-0.2, 0) is 36.4 Å². The van der Waals surface area contributed by atoms with E-state index in [0.29, 0.717) is 6.42 Å². The summed E-state index contributed by atoms with van der Waals surface area (Å²) in [7, 11) is 0. The van der Waals surface area contributed by atoms with Gasteiger partial charge < -0.3 is 15.4 Å². The van der Waals surface area contributed by atoms with Gasteiger partial charge in [-0.15, -0.1) is 0 Å². The monoisotopic (exact) mass is 390 g/mol. The minimum Gasteiger partial charge on any atom is -0.480 e. The van der Waals surface area contributed by atoms with Gasteiger partial charge in [-0.25, -0.2) is 6.54 Å². The Kier molecular flexibility index (Phi) is 4.54. The molecule has 0 bridgehead atoms. The molecule has 0 spiro atoms. The molecule has 16 heavy (non-hydrogen) atoms. The average molecular weight is 389 g/mol. The summed E-state index contributed by atoms with van der Waals surface area (Å²) in [4.78, 5) is 22.4. The summed E-state index contributed by atoms with van der Waals surface area (Å²) >= 11 is 0. The summed E-state index contributed by atoms with van der Waals surface area (Å²) < 4.78 is 0. The molecule has 2 rings (SSSR count). The Morgan fingerprint density at radius 1 is 1.19 bits per heavy atom. The van der Waals surface area contributed by atoms with Gasteiger partial charge in [0.15, 0.2) is 0 Å². The summed E-state index contributed by atoms with van der Waals surface area (Å²) in [6, 6.07) is 9.12. The van der Waals surface area contributed by atoms with Gasteiger partial charge in [-0.3, -0.25) is 4.79 Å². The predicted molar refractivity (Wildman–Crippen MR) is 54.5 cm³/mol.